The molecule has 0 saturated heterocycles. The lowest BCUT2D eigenvalue weighted by Crippen LogP contribution is -2.49. The Kier molecular flexibility index (Phi) is 8.06. The van der Waals surface area contributed by atoms with Crippen LogP contribution >= 0.6 is 0 Å². The molecule has 0 radical (unpaired) electrons. The van der Waals surface area contributed by atoms with Crippen molar-refractivity contribution in [2.75, 3.05) is 31.5 Å². The van der Waals surface area contributed by atoms with Crippen molar-refractivity contribution in [2.24, 2.45) is 4.99 Å². The normalized spacial score (nSPS) is 18.4. The maximum absolute atomic E-state index is 12.6. The number of benzene rings is 1. The average Bonchev–Trinajstić information content (AvgIpc) is 3.30. The molecule has 2 atom stereocenters. The molecule has 0 bridgehead atoms. The standard InChI is InChI=1S/C29H38N6O3/c1-7-10-19-17-31-27(36)21-16-23(33-24(19)21)20-11-9-12-22-25(20)34-26(18(3)32-22)35(14-8-2)15-13-30-28(37)38-29(4,5)6/h7-9,11-12,16,19,26,33-34H,1-2,10,13-15,17H2,3-6H3,(H,30,37)(H,31,36)/t19-,26?/m0/s1. The number of hydrogen-bond acceptors (Lipinski definition) is 6. The summed E-state index contributed by atoms with van der Waals surface area (Å²) < 4.78 is 5.36. The van der Waals surface area contributed by atoms with Gasteiger partial charge in [0.2, 0.25) is 0 Å². The number of carbonyl (C=O) groups is 2. The number of fused-ring (bicyclic) bond motifs is 2. The zero-order valence-electron chi connectivity index (χ0n) is 22.7. The minimum Gasteiger partial charge on any atom is -0.444 e. The van der Waals surface area contributed by atoms with Crippen LogP contribution in [0.4, 0.5) is 16.2 Å². The first-order chi connectivity index (χ1) is 18.1. The fraction of sp³-hybridized carbons (Fsp3) is 0.414. The Morgan fingerprint density at radius 3 is 2.76 bits per heavy atom. The van der Waals surface area contributed by atoms with Crippen LogP contribution in [0, 0.1) is 0 Å². The van der Waals surface area contributed by atoms with Crippen LogP contribution in [-0.2, 0) is 4.74 Å². The molecule has 2 amide bonds. The van der Waals surface area contributed by atoms with E-state index in [1.165, 1.54) is 0 Å². The summed E-state index contributed by atoms with van der Waals surface area (Å²) in [5.41, 5.74) is 5.49. The van der Waals surface area contributed by atoms with Gasteiger partial charge in [-0.25, -0.2) is 4.79 Å². The minimum atomic E-state index is -0.553. The van der Waals surface area contributed by atoms with Crippen molar-refractivity contribution in [3.05, 3.63) is 60.8 Å². The molecule has 1 aromatic carbocycles. The quantitative estimate of drug-likeness (QED) is 0.352. The van der Waals surface area contributed by atoms with Crippen LogP contribution in [-0.4, -0.2) is 65.5 Å². The number of H-pyrrole nitrogens is 1. The highest BCUT2D eigenvalue weighted by atomic mass is 16.6. The number of rotatable bonds is 9. The molecule has 1 aromatic heterocycles. The largest absolute Gasteiger partial charge is 0.444 e. The van der Waals surface area contributed by atoms with E-state index in [0.717, 1.165) is 40.5 Å². The number of nitrogens with zero attached hydrogens (tertiary/aromatic N) is 2. The van der Waals surface area contributed by atoms with Crippen molar-refractivity contribution in [3.63, 3.8) is 0 Å². The van der Waals surface area contributed by atoms with E-state index in [0.29, 0.717) is 31.7 Å². The topological polar surface area (TPSA) is 111 Å². The zero-order chi connectivity index (χ0) is 27.4. The third-order valence-electron chi connectivity index (χ3n) is 6.56. The Balaban J connectivity index is 1.58. The second-order valence-electron chi connectivity index (χ2n) is 10.7. The fourth-order valence-electron chi connectivity index (χ4n) is 4.91. The zero-order valence-corrected chi connectivity index (χ0v) is 22.7. The van der Waals surface area contributed by atoms with E-state index in [-0.39, 0.29) is 18.0 Å². The van der Waals surface area contributed by atoms with E-state index in [2.05, 4.69) is 39.0 Å². The van der Waals surface area contributed by atoms with Gasteiger partial charge in [-0.3, -0.25) is 14.7 Å². The molecule has 1 unspecified atom stereocenters. The van der Waals surface area contributed by atoms with E-state index >= 15 is 0 Å². The van der Waals surface area contributed by atoms with Gasteiger partial charge >= 0.3 is 6.09 Å². The first-order valence-electron chi connectivity index (χ1n) is 13.0. The highest BCUT2D eigenvalue weighted by molar-refractivity contribution is 6.02. The first-order valence-corrected chi connectivity index (χ1v) is 13.0. The molecule has 0 saturated carbocycles. The maximum Gasteiger partial charge on any atom is 0.407 e. The summed E-state index contributed by atoms with van der Waals surface area (Å²) in [5.74, 6) is 0.0944. The molecule has 38 heavy (non-hydrogen) atoms. The number of allylic oxidation sites excluding steroid dienone is 1. The number of hydrogen-bond donors (Lipinski definition) is 4. The van der Waals surface area contributed by atoms with E-state index in [1.54, 1.807) is 0 Å². The Labute approximate surface area is 224 Å². The predicted molar refractivity (Wildman–Crippen MR) is 152 cm³/mol. The van der Waals surface area contributed by atoms with E-state index in [4.69, 9.17) is 9.73 Å². The van der Waals surface area contributed by atoms with Crippen molar-refractivity contribution >= 4 is 29.1 Å². The van der Waals surface area contributed by atoms with Gasteiger partial charge in [0.1, 0.15) is 11.8 Å². The maximum atomic E-state index is 12.6. The van der Waals surface area contributed by atoms with Gasteiger partial charge in [0.05, 0.1) is 22.6 Å². The second-order valence-corrected chi connectivity index (χ2v) is 10.7. The average molecular weight is 519 g/mol. The van der Waals surface area contributed by atoms with Gasteiger partial charge in [-0.05, 0) is 46.2 Å². The third kappa shape index (κ3) is 5.99. The highest BCUT2D eigenvalue weighted by Crippen LogP contribution is 2.41. The Morgan fingerprint density at radius 2 is 2.05 bits per heavy atom. The molecule has 2 aromatic rings. The van der Waals surface area contributed by atoms with Crippen molar-refractivity contribution in [1.29, 1.82) is 0 Å². The number of alkyl carbamates (subject to hydrolysis) is 1. The summed E-state index contributed by atoms with van der Waals surface area (Å²) in [6.45, 7) is 17.4. The van der Waals surface area contributed by atoms with Crippen LogP contribution in [0.2, 0.25) is 0 Å². The summed E-state index contributed by atoms with van der Waals surface area (Å²) in [4.78, 5) is 35.3. The molecule has 9 nitrogen and oxygen atoms in total. The van der Waals surface area contributed by atoms with Crippen molar-refractivity contribution < 1.29 is 14.3 Å². The van der Waals surface area contributed by atoms with Crippen LogP contribution in [0.1, 0.15) is 56.1 Å². The second kappa shape index (κ2) is 11.3. The molecule has 3 heterocycles. The first kappa shape index (κ1) is 27.2. The molecular formula is C29H38N6O3. The summed E-state index contributed by atoms with van der Waals surface area (Å²) in [6, 6.07) is 7.90. The van der Waals surface area contributed by atoms with E-state index in [9.17, 15) is 9.59 Å². The summed E-state index contributed by atoms with van der Waals surface area (Å²) in [7, 11) is 0. The predicted octanol–water partition coefficient (Wildman–Crippen LogP) is 4.94. The number of para-hydroxylation sites is 1. The van der Waals surface area contributed by atoms with Gasteiger partial charge < -0.3 is 25.7 Å². The number of aliphatic imine (C=N–C) groups is 1. The van der Waals surface area contributed by atoms with E-state index < -0.39 is 11.7 Å². The SMILES string of the molecule is C=CC[C@H]1CNC(=O)c2cc(-c3cccc4c3NC(N(CC=C)CCNC(=O)OC(C)(C)C)C(C)=N4)[nH]c21. The number of amides is 2. The lowest BCUT2D eigenvalue weighted by molar-refractivity contribution is 0.0522. The number of nitrogens with one attached hydrogen (secondary N) is 4. The molecule has 4 rings (SSSR count). The summed E-state index contributed by atoms with van der Waals surface area (Å²) >= 11 is 0. The van der Waals surface area contributed by atoms with Crippen LogP contribution in [0.3, 0.4) is 0 Å². The number of ether oxygens (including phenoxy) is 1. The lowest BCUT2D eigenvalue weighted by Gasteiger charge is -2.35. The van der Waals surface area contributed by atoms with Gasteiger partial charge in [0.25, 0.3) is 5.91 Å². The third-order valence-corrected chi connectivity index (χ3v) is 6.56. The van der Waals surface area contributed by atoms with E-state index in [1.807, 2.05) is 64.1 Å². The molecule has 0 fully saturated rings. The van der Waals surface area contributed by atoms with Gasteiger partial charge in [0, 0.05) is 49.0 Å². The molecule has 0 spiro atoms. The number of anilines is 1. The van der Waals surface area contributed by atoms with Gasteiger partial charge in [-0.15, -0.1) is 13.2 Å². The Hall–Kier alpha value is -3.85. The van der Waals surface area contributed by atoms with Crippen molar-refractivity contribution in [1.82, 2.24) is 20.5 Å². The smallest absolute Gasteiger partial charge is 0.407 e. The summed E-state index contributed by atoms with van der Waals surface area (Å²) in [5, 5.41) is 9.48. The molecule has 4 N–H and O–H groups in total. The molecule has 2 aliphatic rings. The number of aromatic amines is 1. The monoisotopic (exact) mass is 518 g/mol. The molecule has 202 valence electrons. The van der Waals surface area contributed by atoms with Gasteiger partial charge in [-0.2, -0.15) is 0 Å². The number of carbonyl (C=O) groups excluding carboxylic acids is 2. The lowest BCUT2D eigenvalue weighted by atomic mass is 9.94. The van der Waals surface area contributed by atoms with Crippen LogP contribution < -0.4 is 16.0 Å². The van der Waals surface area contributed by atoms with Crippen LogP contribution in [0.25, 0.3) is 11.3 Å². The van der Waals surface area contributed by atoms with Crippen LogP contribution in [0.15, 0.2) is 54.6 Å². The van der Waals surface area contributed by atoms with Crippen LogP contribution in [0.5, 0.6) is 0 Å². The van der Waals surface area contributed by atoms with Gasteiger partial charge in [0.15, 0.2) is 0 Å². The van der Waals surface area contributed by atoms with Crippen molar-refractivity contribution in [2.45, 2.75) is 51.8 Å². The molecule has 2 aliphatic heterocycles. The Morgan fingerprint density at radius 1 is 1.26 bits per heavy atom. The molecule has 9 heteroatoms. The summed E-state index contributed by atoms with van der Waals surface area (Å²) in [6.07, 6.45) is 3.84. The van der Waals surface area contributed by atoms with Gasteiger partial charge in [-0.1, -0.05) is 24.3 Å². The van der Waals surface area contributed by atoms with Crippen molar-refractivity contribution in [3.8, 4) is 11.3 Å². The molecular weight excluding hydrogens is 480 g/mol. The minimum absolute atomic E-state index is 0.0676. The fourth-order valence-corrected chi connectivity index (χ4v) is 4.91. The molecule has 0 aliphatic carbocycles. The highest BCUT2D eigenvalue weighted by Gasteiger charge is 2.30. The Bertz CT molecular complexity index is 1260. The number of aromatic nitrogens is 1.